The van der Waals surface area contributed by atoms with Crippen LogP contribution < -0.4 is 11.2 Å². The van der Waals surface area contributed by atoms with Crippen LogP contribution in [0.15, 0.2) is 46.1 Å². The highest BCUT2D eigenvalue weighted by molar-refractivity contribution is 5.86. The van der Waals surface area contributed by atoms with Crippen LogP contribution in [0, 0.1) is 11.3 Å². The van der Waals surface area contributed by atoms with E-state index in [2.05, 4.69) is 0 Å². The van der Waals surface area contributed by atoms with Crippen molar-refractivity contribution in [2.75, 3.05) is 0 Å². The second-order valence-corrected chi connectivity index (χ2v) is 5.09. The zero-order chi connectivity index (χ0) is 17.7. The van der Waals surface area contributed by atoms with Gasteiger partial charge in [-0.3, -0.25) is 9.36 Å². The molecule has 24 heavy (non-hydrogen) atoms. The summed E-state index contributed by atoms with van der Waals surface area (Å²) in [7, 11) is 2.88. The minimum Gasteiger partial charge on any atom is -0.458 e. The van der Waals surface area contributed by atoms with Crippen molar-refractivity contribution in [2.45, 2.75) is 6.61 Å². The van der Waals surface area contributed by atoms with Crippen LogP contribution in [0.25, 0.3) is 6.08 Å². The molecule has 0 unspecified atom stereocenters. The van der Waals surface area contributed by atoms with E-state index in [0.29, 0.717) is 5.56 Å². The van der Waals surface area contributed by atoms with E-state index in [-0.39, 0.29) is 12.2 Å². The molecule has 2 aromatic rings. The second kappa shape index (κ2) is 7.24. The highest BCUT2D eigenvalue weighted by Gasteiger charge is 2.05. The van der Waals surface area contributed by atoms with Crippen molar-refractivity contribution in [1.82, 2.24) is 9.13 Å². The Morgan fingerprint density at radius 3 is 2.54 bits per heavy atom. The van der Waals surface area contributed by atoms with Gasteiger partial charge in [-0.2, -0.15) is 5.26 Å². The van der Waals surface area contributed by atoms with E-state index in [0.717, 1.165) is 16.2 Å². The minimum atomic E-state index is -0.615. The van der Waals surface area contributed by atoms with Crippen molar-refractivity contribution in [3.8, 4) is 6.07 Å². The summed E-state index contributed by atoms with van der Waals surface area (Å²) in [5, 5.41) is 8.71. The summed E-state index contributed by atoms with van der Waals surface area (Å²) in [5.74, 6) is -0.615. The minimum absolute atomic E-state index is 0.0557. The zero-order valence-corrected chi connectivity index (χ0v) is 13.2. The summed E-state index contributed by atoms with van der Waals surface area (Å²) in [6.45, 7) is 0.0557. The van der Waals surface area contributed by atoms with E-state index in [1.54, 1.807) is 24.3 Å². The van der Waals surface area contributed by atoms with Crippen molar-refractivity contribution in [3.05, 3.63) is 74.1 Å². The summed E-state index contributed by atoms with van der Waals surface area (Å²) in [5.41, 5.74) is 0.536. The summed E-state index contributed by atoms with van der Waals surface area (Å²) in [4.78, 5) is 35.2. The highest BCUT2D eigenvalue weighted by atomic mass is 16.5. The molecular formula is C17H15N3O4. The van der Waals surface area contributed by atoms with Crippen LogP contribution in [0.4, 0.5) is 0 Å². The molecule has 0 radical (unpaired) electrons. The topological polar surface area (TPSA) is 94.1 Å². The zero-order valence-electron chi connectivity index (χ0n) is 13.2. The molecule has 0 spiro atoms. The highest BCUT2D eigenvalue weighted by Crippen LogP contribution is 2.05. The van der Waals surface area contributed by atoms with Crippen LogP contribution in [-0.4, -0.2) is 15.1 Å². The lowest BCUT2D eigenvalue weighted by Gasteiger charge is -2.04. The number of ether oxygens (including phenoxy) is 1. The van der Waals surface area contributed by atoms with Crippen LogP contribution in [0.5, 0.6) is 0 Å². The van der Waals surface area contributed by atoms with Crippen LogP contribution in [0.2, 0.25) is 0 Å². The predicted molar refractivity (Wildman–Crippen MR) is 86.9 cm³/mol. The molecule has 0 aliphatic heterocycles. The van der Waals surface area contributed by atoms with Crippen molar-refractivity contribution >= 4 is 12.0 Å². The first kappa shape index (κ1) is 17.0. The van der Waals surface area contributed by atoms with Gasteiger partial charge in [0.05, 0.1) is 17.2 Å². The Bertz CT molecular complexity index is 944. The number of nitriles is 1. The number of rotatable bonds is 4. The largest absolute Gasteiger partial charge is 0.458 e. The Balaban J connectivity index is 2.04. The van der Waals surface area contributed by atoms with Gasteiger partial charge in [0.25, 0.3) is 5.56 Å². The molecule has 1 heterocycles. The second-order valence-electron chi connectivity index (χ2n) is 5.09. The maximum atomic E-state index is 11.9. The first-order valence-electron chi connectivity index (χ1n) is 7.03. The van der Waals surface area contributed by atoms with Crippen molar-refractivity contribution in [1.29, 1.82) is 5.26 Å². The molecule has 1 aromatic heterocycles. The average Bonchev–Trinajstić information content (AvgIpc) is 2.60. The Morgan fingerprint density at radius 2 is 1.92 bits per heavy atom. The van der Waals surface area contributed by atoms with Gasteiger partial charge in [-0.1, -0.05) is 12.1 Å². The molecule has 2 rings (SSSR count). The van der Waals surface area contributed by atoms with Crippen molar-refractivity contribution in [2.24, 2.45) is 14.1 Å². The number of aryl methyl sites for hydroxylation is 1. The van der Waals surface area contributed by atoms with Crippen LogP contribution in [-0.2, 0) is 30.2 Å². The number of carbonyl (C=O) groups is 1. The van der Waals surface area contributed by atoms with E-state index in [1.807, 2.05) is 6.07 Å². The number of aromatic nitrogens is 2. The van der Waals surface area contributed by atoms with Gasteiger partial charge in [0, 0.05) is 26.4 Å². The van der Waals surface area contributed by atoms with E-state index in [4.69, 9.17) is 10.00 Å². The Labute approximate surface area is 137 Å². The average molecular weight is 325 g/mol. The monoisotopic (exact) mass is 325 g/mol. The number of benzene rings is 1. The summed E-state index contributed by atoms with van der Waals surface area (Å²) < 4.78 is 7.27. The quantitative estimate of drug-likeness (QED) is 0.609. The molecule has 0 amide bonds. The lowest BCUT2D eigenvalue weighted by molar-refractivity contribution is -0.138. The first-order chi connectivity index (χ1) is 11.4. The van der Waals surface area contributed by atoms with Crippen LogP contribution in [0.3, 0.4) is 0 Å². The van der Waals surface area contributed by atoms with Crippen LogP contribution >= 0.6 is 0 Å². The Kier molecular flexibility index (Phi) is 5.12. The molecule has 1 aromatic carbocycles. The van der Waals surface area contributed by atoms with Gasteiger partial charge in [0.2, 0.25) is 0 Å². The van der Waals surface area contributed by atoms with E-state index >= 15 is 0 Å². The molecule has 0 saturated carbocycles. The summed E-state index contributed by atoms with van der Waals surface area (Å²) in [6, 6.07) is 8.65. The summed E-state index contributed by atoms with van der Waals surface area (Å²) >= 11 is 0. The fourth-order valence-corrected chi connectivity index (χ4v) is 1.99. The molecule has 122 valence electrons. The molecule has 7 heteroatoms. The predicted octanol–water partition coefficient (Wildman–Crippen LogP) is 0.712. The van der Waals surface area contributed by atoms with E-state index in [9.17, 15) is 14.4 Å². The van der Waals surface area contributed by atoms with Crippen molar-refractivity contribution in [3.63, 3.8) is 0 Å². The van der Waals surface area contributed by atoms with Gasteiger partial charge in [-0.25, -0.2) is 9.59 Å². The number of esters is 1. The van der Waals surface area contributed by atoms with Crippen LogP contribution in [0.1, 0.15) is 16.7 Å². The molecule has 7 nitrogen and oxygen atoms in total. The smallest absolute Gasteiger partial charge is 0.331 e. The standard InChI is InChI=1S/C17H15N3O4/c1-19-10-14(16(22)20(2)17(19)23)7-8-15(21)24-11-13-5-3-12(9-18)4-6-13/h3-8,10H,11H2,1-2H3/b8-7+. The third kappa shape index (κ3) is 3.87. The van der Waals surface area contributed by atoms with Gasteiger partial charge in [-0.05, 0) is 23.8 Å². The molecule has 0 aliphatic carbocycles. The van der Waals surface area contributed by atoms with Gasteiger partial charge in [0.1, 0.15) is 6.61 Å². The third-order valence-corrected chi connectivity index (χ3v) is 3.34. The maximum Gasteiger partial charge on any atom is 0.331 e. The number of hydrogen-bond donors (Lipinski definition) is 0. The molecule has 0 bridgehead atoms. The van der Waals surface area contributed by atoms with Crippen molar-refractivity contribution < 1.29 is 9.53 Å². The molecule has 0 saturated heterocycles. The molecule has 0 aliphatic rings. The summed E-state index contributed by atoms with van der Waals surface area (Å²) in [6.07, 6.45) is 3.79. The van der Waals surface area contributed by atoms with E-state index in [1.165, 1.54) is 30.9 Å². The molecule has 0 fully saturated rings. The molecule has 0 atom stereocenters. The lowest BCUT2D eigenvalue weighted by atomic mass is 10.2. The molecule has 0 N–H and O–H groups in total. The lowest BCUT2D eigenvalue weighted by Crippen LogP contribution is -2.37. The fraction of sp³-hybridized carbons (Fsp3) is 0.176. The molecular weight excluding hydrogens is 310 g/mol. The Hall–Kier alpha value is -3.40. The number of nitrogens with zero attached hydrogens (tertiary/aromatic N) is 3. The maximum absolute atomic E-state index is 11.9. The number of carbonyl (C=O) groups excluding carboxylic acids is 1. The fourth-order valence-electron chi connectivity index (χ4n) is 1.99. The Morgan fingerprint density at radius 1 is 1.25 bits per heavy atom. The first-order valence-corrected chi connectivity index (χ1v) is 7.03. The van der Waals surface area contributed by atoms with Gasteiger partial charge in [0.15, 0.2) is 0 Å². The van der Waals surface area contributed by atoms with Gasteiger partial charge in [-0.15, -0.1) is 0 Å². The van der Waals surface area contributed by atoms with E-state index < -0.39 is 17.2 Å². The third-order valence-electron chi connectivity index (χ3n) is 3.34. The number of hydrogen-bond acceptors (Lipinski definition) is 5. The van der Waals surface area contributed by atoms with Gasteiger partial charge < -0.3 is 9.30 Å². The SMILES string of the molecule is Cn1cc(/C=C/C(=O)OCc2ccc(C#N)cc2)c(=O)n(C)c1=O. The van der Waals surface area contributed by atoms with Gasteiger partial charge >= 0.3 is 11.7 Å². The normalized spacial score (nSPS) is 10.5.